The highest BCUT2D eigenvalue weighted by Gasteiger charge is 2.31. The molecule has 1 N–H and O–H groups in total. The highest BCUT2D eigenvalue weighted by Crippen LogP contribution is 2.35. The third kappa shape index (κ3) is 3.33. The lowest BCUT2D eigenvalue weighted by Crippen LogP contribution is -2.17. The van der Waals surface area contributed by atoms with Crippen molar-refractivity contribution in [1.82, 2.24) is 0 Å². The van der Waals surface area contributed by atoms with Gasteiger partial charge in [-0.15, -0.1) is 13.2 Å². The van der Waals surface area contributed by atoms with Gasteiger partial charge in [0.25, 0.3) is 0 Å². The van der Waals surface area contributed by atoms with Crippen molar-refractivity contribution in [3.05, 3.63) is 47.2 Å². The van der Waals surface area contributed by atoms with Crippen molar-refractivity contribution < 1.29 is 27.4 Å². The number of phenolic OH excluding ortho intramolecular Hbond substituents is 1. The van der Waals surface area contributed by atoms with E-state index in [1.807, 2.05) is 0 Å². The molecule has 2 aromatic rings. The van der Waals surface area contributed by atoms with Gasteiger partial charge < -0.3 is 9.84 Å². The Morgan fingerprint density at radius 3 is 2.45 bits per heavy atom. The van der Waals surface area contributed by atoms with Crippen LogP contribution in [0.3, 0.4) is 0 Å². The predicted octanol–water partition coefficient (Wildman–Crippen LogP) is 4.75. The van der Waals surface area contributed by atoms with Crippen LogP contribution in [0.25, 0.3) is 11.1 Å². The van der Waals surface area contributed by atoms with Gasteiger partial charge in [0.05, 0.1) is 5.02 Å². The van der Waals surface area contributed by atoms with Gasteiger partial charge in [-0.05, 0) is 23.8 Å². The molecule has 2 nitrogen and oxygen atoms in total. The molecule has 0 saturated heterocycles. The molecule has 0 radical (unpaired) electrons. The van der Waals surface area contributed by atoms with E-state index in [0.29, 0.717) is 0 Å². The van der Waals surface area contributed by atoms with Gasteiger partial charge in [-0.2, -0.15) is 0 Å². The van der Waals surface area contributed by atoms with Gasteiger partial charge in [0.1, 0.15) is 17.3 Å². The molecule has 106 valence electrons. The van der Waals surface area contributed by atoms with Crippen LogP contribution in [0, 0.1) is 5.82 Å². The molecule has 0 bridgehead atoms. The lowest BCUT2D eigenvalue weighted by atomic mass is 10.0. The SMILES string of the molecule is Oc1cc(F)c(Cl)cc1-c1cccc(OC(F)(F)F)c1. The Labute approximate surface area is 116 Å². The molecule has 2 rings (SSSR count). The molecule has 2 aromatic carbocycles. The average Bonchev–Trinajstić information content (AvgIpc) is 2.32. The van der Waals surface area contributed by atoms with Crippen LogP contribution < -0.4 is 4.74 Å². The van der Waals surface area contributed by atoms with Gasteiger partial charge in [-0.25, -0.2) is 4.39 Å². The number of benzene rings is 2. The van der Waals surface area contributed by atoms with Crippen molar-refractivity contribution in [3.8, 4) is 22.6 Å². The summed E-state index contributed by atoms with van der Waals surface area (Å²) in [5.74, 6) is -1.71. The van der Waals surface area contributed by atoms with Crippen molar-refractivity contribution in [2.75, 3.05) is 0 Å². The van der Waals surface area contributed by atoms with Crippen LogP contribution >= 0.6 is 11.6 Å². The second-order valence-corrected chi connectivity index (χ2v) is 4.27. The number of hydrogen-bond acceptors (Lipinski definition) is 2. The first kappa shape index (κ1) is 14.5. The summed E-state index contributed by atoms with van der Waals surface area (Å²) in [7, 11) is 0. The van der Waals surface area contributed by atoms with Crippen LogP contribution in [-0.2, 0) is 0 Å². The average molecular weight is 307 g/mol. The van der Waals surface area contributed by atoms with Crippen molar-refractivity contribution in [3.63, 3.8) is 0 Å². The Bertz CT molecular complexity index is 641. The second kappa shape index (κ2) is 5.20. The first-order valence-electron chi connectivity index (χ1n) is 5.30. The van der Waals surface area contributed by atoms with Crippen LogP contribution in [0.5, 0.6) is 11.5 Å². The fourth-order valence-corrected chi connectivity index (χ4v) is 1.79. The van der Waals surface area contributed by atoms with E-state index < -0.39 is 23.7 Å². The summed E-state index contributed by atoms with van der Waals surface area (Å²) < 4.78 is 53.3. The van der Waals surface area contributed by atoms with Gasteiger partial charge in [0.15, 0.2) is 0 Å². The van der Waals surface area contributed by atoms with Gasteiger partial charge in [-0.3, -0.25) is 0 Å². The van der Waals surface area contributed by atoms with E-state index in [4.69, 9.17) is 11.6 Å². The third-order valence-corrected chi connectivity index (χ3v) is 2.71. The first-order chi connectivity index (χ1) is 9.26. The third-order valence-electron chi connectivity index (χ3n) is 2.42. The molecule has 0 atom stereocenters. The molecule has 0 unspecified atom stereocenters. The van der Waals surface area contributed by atoms with Crippen LogP contribution in [-0.4, -0.2) is 11.5 Å². The second-order valence-electron chi connectivity index (χ2n) is 3.86. The van der Waals surface area contributed by atoms with E-state index in [2.05, 4.69) is 4.74 Å². The number of hydrogen-bond donors (Lipinski definition) is 1. The summed E-state index contributed by atoms with van der Waals surface area (Å²) in [6.07, 6.45) is -4.82. The van der Waals surface area contributed by atoms with Gasteiger partial charge >= 0.3 is 6.36 Å². The minimum atomic E-state index is -4.82. The molecular formula is C13H7ClF4O2. The van der Waals surface area contributed by atoms with Crippen LogP contribution in [0.15, 0.2) is 36.4 Å². The smallest absolute Gasteiger partial charge is 0.507 e. The number of aromatic hydroxyl groups is 1. The zero-order valence-corrected chi connectivity index (χ0v) is 10.5. The summed E-state index contributed by atoms with van der Waals surface area (Å²) >= 11 is 5.58. The van der Waals surface area contributed by atoms with Gasteiger partial charge in [0, 0.05) is 11.6 Å². The molecule has 0 spiro atoms. The Kier molecular flexibility index (Phi) is 3.76. The number of alkyl halides is 3. The van der Waals surface area contributed by atoms with Gasteiger partial charge in [-0.1, -0.05) is 23.7 Å². The fraction of sp³-hybridized carbons (Fsp3) is 0.0769. The molecule has 0 aromatic heterocycles. The van der Waals surface area contributed by atoms with E-state index in [1.165, 1.54) is 12.1 Å². The van der Waals surface area contributed by atoms with E-state index >= 15 is 0 Å². The molecule has 0 aliphatic heterocycles. The summed E-state index contributed by atoms with van der Waals surface area (Å²) in [5.41, 5.74) is 0.315. The molecule has 20 heavy (non-hydrogen) atoms. The number of phenols is 1. The lowest BCUT2D eigenvalue weighted by molar-refractivity contribution is -0.274. The lowest BCUT2D eigenvalue weighted by Gasteiger charge is -2.11. The van der Waals surface area contributed by atoms with Crippen molar-refractivity contribution in [2.24, 2.45) is 0 Å². The first-order valence-corrected chi connectivity index (χ1v) is 5.68. The van der Waals surface area contributed by atoms with Crippen LogP contribution in [0.1, 0.15) is 0 Å². The standard InChI is InChI=1S/C13H7ClF4O2/c14-10-5-9(12(19)6-11(10)15)7-2-1-3-8(4-7)20-13(16,17)18/h1-6,19H. The Morgan fingerprint density at radius 1 is 1.10 bits per heavy atom. The highest BCUT2D eigenvalue weighted by molar-refractivity contribution is 6.31. The highest BCUT2D eigenvalue weighted by atomic mass is 35.5. The molecule has 7 heteroatoms. The zero-order chi connectivity index (χ0) is 14.9. The molecular weight excluding hydrogens is 300 g/mol. The Balaban J connectivity index is 2.44. The maximum absolute atomic E-state index is 13.1. The molecule has 0 amide bonds. The van der Waals surface area contributed by atoms with Crippen LogP contribution in [0.4, 0.5) is 17.6 Å². The largest absolute Gasteiger partial charge is 0.573 e. The quantitative estimate of drug-likeness (QED) is 0.811. The topological polar surface area (TPSA) is 29.5 Å². The normalized spacial score (nSPS) is 11.4. The molecule has 0 aliphatic carbocycles. The van der Waals surface area contributed by atoms with Crippen molar-refractivity contribution >= 4 is 11.6 Å². The van der Waals surface area contributed by atoms with E-state index in [0.717, 1.165) is 24.3 Å². The maximum Gasteiger partial charge on any atom is 0.573 e. The number of rotatable bonds is 2. The predicted molar refractivity (Wildman–Crippen MR) is 65.2 cm³/mol. The van der Waals surface area contributed by atoms with E-state index in [9.17, 15) is 22.7 Å². The van der Waals surface area contributed by atoms with Gasteiger partial charge in [0.2, 0.25) is 0 Å². The zero-order valence-electron chi connectivity index (χ0n) is 9.71. The van der Waals surface area contributed by atoms with E-state index in [1.54, 1.807) is 0 Å². The molecule has 0 fully saturated rings. The summed E-state index contributed by atoms with van der Waals surface area (Å²) in [4.78, 5) is 0. The van der Waals surface area contributed by atoms with Crippen molar-refractivity contribution in [1.29, 1.82) is 0 Å². The Hall–Kier alpha value is -1.95. The molecule has 0 heterocycles. The Morgan fingerprint density at radius 2 is 1.80 bits per heavy atom. The molecule has 0 aliphatic rings. The fourth-order valence-electron chi connectivity index (χ4n) is 1.63. The van der Waals surface area contributed by atoms with Crippen molar-refractivity contribution in [2.45, 2.75) is 6.36 Å². The number of halogens is 5. The summed E-state index contributed by atoms with van der Waals surface area (Å²) in [5, 5.41) is 9.38. The summed E-state index contributed by atoms with van der Waals surface area (Å²) in [6, 6.07) is 6.84. The number of ether oxygens (including phenoxy) is 1. The van der Waals surface area contributed by atoms with E-state index in [-0.39, 0.29) is 16.1 Å². The monoisotopic (exact) mass is 306 g/mol. The minimum Gasteiger partial charge on any atom is -0.507 e. The maximum atomic E-state index is 13.1. The van der Waals surface area contributed by atoms with Crippen LogP contribution in [0.2, 0.25) is 5.02 Å². The summed E-state index contributed by atoms with van der Waals surface area (Å²) in [6.45, 7) is 0. The molecule has 0 saturated carbocycles. The minimum absolute atomic E-state index is 0.101.